The van der Waals surface area contributed by atoms with E-state index < -0.39 is 0 Å². The Morgan fingerprint density at radius 3 is 2.72 bits per heavy atom. The summed E-state index contributed by atoms with van der Waals surface area (Å²) in [5, 5.41) is 0. The summed E-state index contributed by atoms with van der Waals surface area (Å²) in [6.07, 6.45) is 4.75. The molecule has 1 amide bonds. The molecule has 138 valence electrons. The predicted molar refractivity (Wildman–Crippen MR) is 95.3 cm³/mol. The fourth-order valence-electron chi connectivity index (χ4n) is 4.26. The zero-order valence-corrected chi connectivity index (χ0v) is 15.5. The van der Waals surface area contributed by atoms with Crippen LogP contribution in [0.3, 0.4) is 0 Å². The van der Waals surface area contributed by atoms with Crippen molar-refractivity contribution in [3.63, 3.8) is 0 Å². The van der Waals surface area contributed by atoms with Crippen LogP contribution in [0.15, 0.2) is 6.20 Å². The zero-order valence-electron chi connectivity index (χ0n) is 15.5. The van der Waals surface area contributed by atoms with Crippen LogP contribution in [0, 0.1) is 25.7 Å². The molecule has 6 nitrogen and oxygen atoms in total. The molecule has 2 aliphatic rings. The van der Waals surface area contributed by atoms with Crippen molar-refractivity contribution in [1.29, 1.82) is 0 Å². The van der Waals surface area contributed by atoms with Crippen molar-refractivity contribution in [1.82, 2.24) is 9.88 Å². The van der Waals surface area contributed by atoms with E-state index in [-0.39, 0.29) is 17.9 Å². The highest BCUT2D eigenvalue weighted by Crippen LogP contribution is 2.33. The Kier molecular flexibility index (Phi) is 5.59. The van der Waals surface area contributed by atoms with Gasteiger partial charge in [0, 0.05) is 30.5 Å². The molecule has 3 rings (SSSR count). The molecule has 0 radical (unpaired) electrons. The fourth-order valence-corrected chi connectivity index (χ4v) is 4.26. The van der Waals surface area contributed by atoms with E-state index in [1.54, 1.807) is 7.11 Å². The number of nitrogens with two attached hydrogens (primary N) is 1. The maximum absolute atomic E-state index is 11.6. The Balaban J connectivity index is 1.59. The van der Waals surface area contributed by atoms with Crippen molar-refractivity contribution in [2.75, 3.05) is 26.8 Å². The summed E-state index contributed by atoms with van der Waals surface area (Å²) in [6, 6.07) is 0. The Morgan fingerprint density at radius 1 is 1.36 bits per heavy atom. The van der Waals surface area contributed by atoms with Gasteiger partial charge in [-0.05, 0) is 52.1 Å². The highest BCUT2D eigenvalue weighted by atomic mass is 16.5. The van der Waals surface area contributed by atoms with Gasteiger partial charge in [0.05, 0.1) is 24.8 Å². The quantitative estimate of drug-likeness (QED) is 0.879. The van der Waals surface area contributed by atoms with Gasteiger partial charge in [-0.25, -0.2) is 0 Å². The number of nitrogens with zero attached hydrogens (tertiary/aromatic N) is 2. The molecule has 6 heteroatoms. The monoisotopic (exact) mass is 347 g/mol. The predicted octanol–water partition coefficient (Wildman–Crippen LogP) is 1.81. The van der Waals surface area contributed by atoms with Gasteiger partial charge in [0.15, 0.2) is 0 Å². The molecule has 0 aliphatic carbocycles. The van der Waals surface area contributed by atoms with Crippen molar-refractivity contribution in [2.24, 2.45) is 17.6 Å². The van der Waals surface area contributed by atoms with Crippen LogP contribution in [0.25, 0.3) is 0 Å². The number of carbonyl (C=O) groups excluding carboxylic acids is 1. The lowest BCUT2D eigenvalue weighted by Gasteiger charge is -2.35. The van der Waals surface area contributed by atoms with E-state index in [0.29, 0.717) is 12.5 Å². The van der Waals surface area contributed by atoms with E-state index in [9.17, 15) is 4.79 Å². The highest BCUT2D eigenvalue weighted by molar-refractivity contribution is 5.77. The number of carbonyl (C=O) groups is 1. The van der Waals surface area contributed by atoms with Crippen molar-refractivity contribution in [3.8, 4) is 5.75 Å². The van der Waals surface area contributed by atoms with Gasteiger partial charge in [0.2, 0.25) is 5.91 Å². The average molecular weight is 347 g/mol. The molecule has 3 heterocycles. The van der Waals surface area contributed by atoms with Crippen molar-refractivity contribution in [3.05, 3.63) is 23.0 Å². The van der Waals surface area contributed by atoms with Gasteiger partial charge in [0.1, 0.15) is 5.75 Å². The third kappa shape index (κ3) is 3.80. The molecule has 1 aromatic rings. The van der Waals surface area contributed by atoms with E-state index in [1.165, 1.54) is 0 Å². The van der Waals surface area contributed by atoms with Crippen LogP contribution in [-0.2, 0) is 16.1 Å². The smallest absolute Gasteiger partial charge is 0.223 e. The molecule has 2 saturated heterocycles. The summed E-state index contributed by atoms with van der Waals surface area (Å²) in [5.41, 5.74) is 8.80. The first kappa shape index (κ1) is 18.1. The minimum Gasteiger partial charge on any atom is -0.496 e. The van der Waals surface area contributed by atoms with Crippen molar-refractivity contribution < 1.29 is 14.3 Å². The number of hydrogen-bond acceptors (Lipinski definition) is 5. The standard InChI is InChI=1S/C19H29N3O3/c1-12-10-21-16(13(2)17(12)24-3)11-22-7-4-14(5-8-22)18-15(19(20)23)6-9-25-18/h10,14-15,18H,4-9,11H2,1-3H3,(H2,20,23)/t15-,18+/m0/s1. The van der Waals surface area contributed by atoms with Crippen LogP contribution in [-0.4, -0.2) is 48.7 Å². The number of aryl methyl sites for hydroxylation is 1. The molecule has 2 aliphatic heterocycles. The van der Waals surface area contributed by atoms with Gasteiger partial charge in [-0.1, -0.05) is 0 Å². The summed E-state index contributed by atoms with van der Waals surface area (Å²) in [5.74, 6) is 1.04. The van der Waals surface area contributed by atoms with Gasteiger partial charge in [-0.3, -0.25) is 14.7 Å². The number of ether oxygens (including phenoxy) is 2. The number of piperidine rings is 1. The summed E-state index contributed by atoms with van der Waals surface area (Å²) in [7, 11) is 1.71. The summed E-state index contributed by atoms with van der Waals surface area (Å²) in [6.45, 7) is 7.57. The molecule has 0 bridgehead atoms. The second-order valence-electron chi connectivity index (χ2n) is 7.29. The number of methoxy groups -OCH3 is 1. The molecule has 0 aromatic carbocycles. The molecule has 2 fully saturated rings. The Bertz CT molecular complexity index is 627. The molecule has 25 heavy (non-hydrogen) atoms. The lowest BCUT2D eigenvalue weighted by Crippen LogP contribution is -2.42. The van der Waals surface area contributed by atoms with Crippen LogP contribution in [0.2, 0.25) is 0 Å². The lowest BCUT2D eigenvalue weighted by molar-refractivity contribution is -0.124. The fraction of sp³-hybridized carbons (Fsp3) is 0.684. The van der Waals surface area contributed by atoms with Gasteiger partial charge in [-0.15, -0.1) is 0 Å². The van der Waals surface area contributed by atoms with Crippen LogP contribution < -0.4 is 10.5 Å². The molecule has 2 N–H and O–H groups in total. The second kappa shape index (κ2) is 7.70. The van der Waals surface area contributed by atoms with E-state index in [2.05, 4.69) is 16.8 Å². The average Bonchev–Trinajstić information content (AvgIpc) is 3.08. The van der Waals surface area contributed by atoms with E-state index in [1.807, 2.05) is 13.1 Å². The first-order valence-corrected chi connectivity index (χ1v) is 9.13. The Labute approximate surface area is 149 Å². The zero-order chi connectivity index (χ0) is 18.0. The Hall–Kier alpha value is -1.66. The Morgan fingerprint density at radius 2 is 2.08 bits per heavy atom. The minimum absolute atomic E-state index is 0.0129. The highest BCUT2D eigenvalue weighted by Gasteiger charge is 2.39. The maximum Gasteiger partial charge on any atom is 0.223 e. The number of pyridine rings is 1. The molecular weight excluding hydrogens is 318 g/mol. The van der Waals surface area contributed by atoms with Crippen molar-refractivity contribution >= 4 is 5.91 Å². The minimum atomic E-state index is -0.212. The van der Waals surface area contributed by atoms with Gasteiger partial charge >= 0.3 is 0 Å². The lowest BCUT2D eigenvalue weighted by atomic mass is 9.84. The number of hydrogen-bond donors (Lipinski definition) is 1. The molecular formula is C19H29N3O3. The van der Waals surface area contributed by atoms with Gasteiger partial charge < -0.3 is 15.2 Å². The maximum atomic E-state index is 11.6. The summed E-state index contributed by atoms with van der Waals surface area (Å²) in [4.78, 5) is 18.6. The first-order chi connectivity index (χ1) is 12.0. The number of likely N-dealkylation sites (tertiary alicyclic amines) is 1. The topological polar surface area (TPSA) is 77.7 Å². The number of primary amides is 1. The molecule has 0 spiro atoms. The van der Waals surface area contributed by atoms with Crippen molar-refractivity contribution in [2.45, 2.75) is 45.8 Å². The summed E-state index contributed by atoms with van der Waals surface area (Å²) >= 11 is 0. The number of rotatable bonds is 5. The third-order valence-electron chi connectivity index (χ3n) is 5.72. The summed E-state index contributed by atoms with van der Waals surface area (Å²) < 4.78 is 11.3. The first-order valence-electron chi connectivity index (χ1n) is 9.13. The second-order valence-corrected chi connectivity index (χ2v) is 7.29. The van der Waals surface area contributed by atoms with Gasteiger partial charge in [-0.2, -0.15) is 0 Å². The van der Waals surface area contributed by atoms with E-state index in [4.69, 9.17) is 15.2 Å². The van der Waals surface area contributed by atoms with E-state index >= 15 is 0 Å². The molecule has 2 atom stereocenters. The normalized spacial score (nSPS) is 25.2. The van der Waals surface area contributed by atoms with Gasteiger partial charge in [0.25, 0.3) is 0 Å². The van der Waals surface area contributed by atoms with E-state index in [0.717, 1.165) is 61.5 Å². The van der Waals surface area contributed by atoms with Crippen LogP contribution in [0.1, 0.15) is 36.1 Å². The molecule has 0 unspecified atom stereocenters. The third-order valence-corrected chi connectivity index (χ3v) is 5.72. The number of amides is 1. The molecule has 1 aromatic heterocycles. The largest absolute Gasteiger partial charge is 0.496 e. The SMILES string of the molecule is COc1c(C)cnc(CN2CCC([C@H]3OCC[C@@H]3C(N)=O)CC2)c1C. The number of aromatic nitrogens is 1. The van der Waals surface area contributed by atoms with Crippen LogP contribution >= 0.6 is 0 Å². The molecule has 0 saturated carbocycles. The van der Waals surface area contributed by atoms with Crippen LogP contribution in [0.4, 0.5) is 0 Å². The van der Waals surface area contributed by atoms with Crippen LogP contribution in [0.5, 0.6) is 5.75 Å².